The predicted octanol–water partition coefficient (Wildman–Crippen LogP) is 3.23. The number of benzene rings is 1. The van der Waals surface area contributed by atoms with Gasteiger partial charge in [-0.3, -0.25) is 0 Å². The largest absolute Gasteiger partial charge is 0.441 e. The molecule has 21 heavy (non-hydrogen) atoms. The molecule has 1 heterocycles. The van der Waals surface area contributed by atoms with Gasteiger partial charge in [-0.25, -0.2) is 4.98 Å². The molecule has 0 bridgehead atoms. The molecular formula is C16H22N2O2S. The summed E-state index contributed by atoms with van der Waals surface area (Å²) in [6, 6.07) is 8.34. The van der Waals surface area contributed by atoms with Crippen molar-refractivity contribution in [1.29, 1.82) is 0 Å². The fraction of sp³-hybridized carbons (Fsp3) is 0.438. The third kappa shape index (κ3) is 5.19. The first-order valence-corrected chi connectivity index (χ1v) is 8.34. The van der Waals surface area contributed by atoms with E-state index in [-0.39, 0.29) is 0 Å². The summed E-state index contributed by atoms with van der Waals surface area (Å²) in [6.07, 6.45) is 5.74. The molecule has 0 aliphatic rings. The van der Waals surface area contributed by atoms with Crippen LogP contribution in [0.5, 0.6) is 0 Å². The smallest absolute Gasteiger partial charge is 0.194 e. The monoisotopic (exact) mass is 306 g/mol. The molecule has 1 N–H and O–H groups in total. The second-order valence-electron chi connectivity index (χ2n) is 4.69. The van der Waals surface area contributed by atoms with Crippen molar-refractivity contribution >= 4 is 11.8 Å². The van der Waals surface area contributed by atoms with E-state index in [1.165, 1.54) is 4.90 Å². The van der Waals surface area contributed by atoms with E-state index in [2.05, 4.69) is 40.8 Å². The molecule has 0 radical (unpaired) electrons. The molecule has 0 amide bonds. The van der Waals surface area contributed by atoms with Crippen LogP contribution in [0.15, 0.2) is 39.8 Å². The number of thioether (sulfide) groups is 1. The van der Waals surface area contributed by atoms with E-state index < -0.39 is 0 Å². The van der Waals surface area contributed by atoms with Crippen LogP contribution in [-0.4, -0.2) is 38.0 Å². The Kier molecular flexibility index (Phi) is 6.79. The summed E-state index contributed by atoms with van der Waals surface area (Å²) in [7, 11) is 1.71. The van der Waals surface area contributed by atoms with E-state index in [1.807, 2.05) is 6.20 Å². The molecule has 5 heteroatoms. The van der Waals surface area contributed by atoms with Gasteiger partial charge >= 0.3 is 0 Å². The fourth-order valence-corrected chi connectivity index (χ4v) is 2.39. The quantitative estimate of drug-likeness (QED) is 0.569. The Morgan fingerprint density at radius 1 is 1.24 bits per heavy atom. The number of hydrogen-bond donors (Lipinski definition) is 1. The number of nitrogens with zero attached hydrogens (tertiary/aromatic N) is 1. The van der Waals surface area contributed by atoms with E-state index >= 15 is 0 Å². The number of hydrogen-bond acceptors (Lipinski definition) is 5. The maximum Gasteiger partial charge on any atom is 0.194 e. The highest BCUT2D eigenvalue weighted by Gasteiger charge is 2.06. The lowest BCUT2D eigenvalue weighted by Crippen LogP contribution is -2.20. The molecule has 0 aliphatic carbocycles. The Hall–Kier alpha value is -1.30. The second-order valence-corrected chi connectivity index (χ2v) is 5.57. The van der Waals surface area contributed by atoms with Gasteiger partial charge in [0.2, 0.25) is 0 Å². The SMILES string of the molecule is COCCNCCCc1ncc(-c2ccc(SC)cc2)o1. The van der Waals surface area contributed by atoms with E-state index in [4.69, 9.17) is 9.15 Å². The van der Waals surface area contributed by atoms with Gasteiger partial charge in [0, 0.05) is 30.5 Å². The Morgan fingerprint density at radius 3 is 2.76 bits per heavy atom. The van der Waals surface area contributed by atoms with Gasteiger partial charge in [0.1, 0.15) is 0 Å². The fourth-order valence-electron chi connectivity index (χ4n) is 1.98. The minimum atomic E-state index is 0.745. The van der Waals surface area contributed by atoms with Crippen molar-refractivity contribution < 1.29 is 9.15 Å². The topological polar surface area (TPSA) is 47.3 Å². The summed E-state index contributed by atoms with van der Waals surface area (Å²) >= 11 is 1.73. The highest BCUT2D eigenvalue weighted by Crippen LogP contribution is 2.23. The molecular weight excluding hydrogens is 284 g/mol. The Bertz CT molecular complexity index is 525. The maximum absolute atomic E-state index is 5.80. The van der Waals surface area contributed by atoms with E-state index in [9.17, 15) is 0 Å². The molecule has 4 nitrogen and oxygen atoms in total. The summed E-state index contributed by atoms with van der Waals surface area (Å²) in [5, 5.41) is 3.31. The van der Waals surface area contributed by atoms with Crippen LogP contribution in [0.1, 0.15) is 12.3 Å². The highest BCUT2D eigenvalue weighted by atomic mass is 32.2. The average molecular weight is 306 g/mol. The van der Waals surface area contributed by atoms with E-state index in [0.717, 1.165) is 49.8 Å². The van der Waals surface area contributed by atoms with Crippen LogP contribution in [0.3, 0.4) is 0 Å². The van der Waals surface area contributed by atoms with Gasteiger partial charge < -0.3 is 14.5 Å². The number of ether oxygens (including phenoxy) is 1. The lowest BCUT2D eigenvalue weighted by Gasteiger charge is -2.02. The Morgan fingerprint density at radius 2 is 2.05 bits per heavy atom. The zero-order valence-electron chi connectivity index (χ0n) is 12.6. The number of nitrogens with one attached hydrogen (secondary N) is 1. The van der Waals surface area contributed by atoms with Crippen molar-refractivity contribution in [2.45, 2.75) is 17.7 Å². The average Bonchev–Trinajstić information content (AvgIpc) is 3.00. The molecule has 0 aliphatic heterocycles. The minimum Gasteiger partial charge on any atom is -0.441 e. The molecule has 2 rings (SSSR count). The lowest BCUT2D eigenvalue weighted by molar-refractivity contribution is 0.199. The van der Waals surface area contributed by atoms with E-state index in [0.29, 0.717) is 0 Å². The molecule has 0 saturated heterocycles. The molecule has 114 valence electrons. The first-order chi connectivity index (χ1) is 10.3. The zero-order chi connectivity index (χ0) is 14.9. The normalized spacial score (nSPS) is 11.0. The first-order valence-electron chi connectivity index (χ1n) is 7.12. The third-order valence-electron chi connectivity index (χ3n) is 3.16. The van der Waals surface area contributed by atoms with Gasteiger partial charge in [-0.2, -0.15) is 0 Å². The molecule has 1 aromatic heterocycles. The summed E-state index contributed by atoms with van der Waals surface area (Å²) in [5.74, 6) is 1.64. The van der Waals surface area contributed by atoms with Gasteiger partial charge in [0.25, 0.3) is 0 Å². The van der Waals surface area contributed by atoms with Crippen molar-refractivity contribution in [3.63, 3.8) is 0 Å². The standard InChI is InChI=1S/C16H22N2O2S/c1-19-11-10-17-9-3-4-16-18-12-15(20-16)13-5-7-14(21-2)8-6-13/h5-8,12,17H,3-4,9-11H2,1-2H3. The molecule has 0 fully saturated rings. The van der Waals surface area contributed by atoms with Crippen LogP contribution < -0.4 is 5.32 Å². The number of aryl methyl sites for hydroxylation is 1. The predicted molar refractivity (Wildman–Crippen MR) is 86.8 cm³/mol. The minimum absolute atomic E-state index is 0.745. The molecule has 0 unspecified atom stereocenters. The van der Waals surface area contributed by atoms with Crippen molar-refractivity contribution in [3.8, 4) is 11.3 Å². The summed E-state index contributed by atoms with van der Waals surface area (Å²) in [4.78, 5) is 5.60. The lowest BCUT2D eigenvalue weighted by atomic mass is 10.2. The summed E-state index contributed by atoms with van der Waals surface area (Å²) in [6.45, 7) is 2.58. The van der Waals surface area contributed by atoms with Crippen LogP contribution in [0, 0.1) is 0 Å². The molecule has 0 saturated carbocycles. The maximum atomic E-state index is 5.80. The van der Waals surface area contributed by atoms with E-state index in [1.54, 1.807) is 18.9 Å². The first kappa shape index (κ1) is 16.1. The molecule has 0 atom stereocenters. The van der Waals surface area contributed by atoms with Gasteiger partial charge in [0.05, 0.1) is 12.8 Å². The molecule has 0 spiro atoms. The van der Waals surface area contributed by atoms with Crippen LogP contribution >= 0.6 is 11.8 Å². The zero-order valence-corrected chi connectivity index (χ0v) is 13.4. The Balaban J connectivity index is 1.80. The van der Waals surface area contributed by atoms with Gasteiger partial charge in [-0.1, -0.05) is 12.1 Å². The van der Waals surface area contributed by atoms with Crippen molar-refractivity contribution in [3.05, 3.63) is 36.4 Å². The van der Waals surface area contributed by atoms with Gasteiger partial charge in [-0.05, 0) is 31.4 Å². The highest BCUT2D eigenvalue weighted by molar-refractivity contribution is 7.98. The van der Waals surface area contributed by atoms with Crippen LogP contribution in [0.25, 0.3) is 11.3 Å². The number of rotatable bonds is 9. The van der Waals surface area contributed by atoms with Crippen LogP contribution in [-0.2, 0) is 11.2 Å². The summed E-state index contributed by atoms with van der Waals surface area (Å²) < 4.78 is 10.8. The van der Waals surface area contributed by atoms with Gasteiger partial charge in [0.15, 0.2) is 11.7 Å². The van der Waals surface area contributed by atoms with Crippen molar-refractivity contribution in [2.24, 2.45) is 0 Å². The second kappa shape index (κ2) is 8.87. The van der Waals surface area contributed by atoms with Crippen molar-refractivity contribution in [1.82, 2.24) is 10.3 Å². The number of aromatic nitrogens is 1. The van der Waals surface area contributed by atoms with Crippen LogP contribution in [0.2, 0.25) is 0 Å². The third-order valence-corrected chi connectivity index (χ3v) is 3.90. The number of methoxy groups -OCH3 is 1. The summed E-state index contributed by atoms with van der Waals surface area (Å²) in [5.41, 5.74) is 1.07. The molecule has 1 aromatic carbocycles. The number of oxazole rings is 1. The molecule has 2 aromatic rings. The van der Waals surface area contributed by atoms with Gasteiger partial charge in [-0.15, -0.1) is 11.8 Å². The van der Waals surface area contributed by atoms with Crippen molar-refractivity contribution in [2.75, 3.05) is 33.1 Å². The Labute approximate surface area is 130 Å². The van der Waals surface area contributed by atoms with Crippen LogP contribution in [0.4, 0.5) is 0 Å².